The standard InChI is InChI=1S/C21H42N2O/c1-7-11-18(6)12-10-13-21(24)22-15-19(8-2)23(14-17(4)5)20(9-3)16-22/h17-20H,7-16H2,1-6H3/t18?,19-,20?/m0/s1. The third-order valence-electron chi connectivity index (χ3n) is 5.54. The van der Waals surface area contributed by atoms with Gasteiger partial charge >= 0.3 is 0 Å². The van der Waals surface area contributed by atoms with E-state index in [0.717, 1.165) is 51.2 Å². The van der Waals surface area contributed by atoms with E-state index in [-0.39, 0.29) is 0 Å². The normalized spacial score (nSPS) is 23.7. The lowest BCUT2D eigenvalue weighted by molar-refractivity contribution is -0.136. The van der Waals surface area contributed by atoms with Crippen LogP contribution in [-0.2, 0) is 4.79 Å². The van der Waals surface area contributed by atoms with Crippen molar-refractivity contribution in [3.05, 3.63) is 0 Å². The fourth-order valence-electron chi connectivity index (χ4n) is 4.14. The Hall–Kier alpha value is -0.570. The minimum absolute atomic E-state index is 0.389. The van der Waals surface area contributed by atoms with Crippen LogP contribution in [0.4, 0.5) is 0 Å². The first-order chi connectivity index (χ1) is 11.4. The van der Waals surface area contributed by atoms with Crippen LogP contribution in [0.1, 0.15) is 86.5 Å². The molecule has 142 valence electrons. The first kappa shape index (κ1) is 21.5. The van der Waals surface area contributed by atoms with Gasteiger partial charge in [0.15, 0.2) is 0 Å². The highest BCUT2D eigenvalue weighted by molar-refractivity contribution is 5.76. The molecule has 3 atom stereocenters. The van der Waals surface area contributed by atoms with Gasteiger partial charge in [-0.05, 0) is 31.1 Å². The van der Waals surface area contributed by atoms with Gasteiger partial charge < -0.3 is 4.90 Å². The topological polar surface area (TPSA) is 23.6 Å². The van der Waals surface area contributed by atoms with Crippen molar-refractivity contribution in [1.29, 1.82) is 0 Å². The summed E-state index contributed by atoms with van der Waals surface area (Å²) in [6, 6.07) is 1.07. The highest BCUT2D eigenvalue weighted by Crippen LogP contribution is 2.23. The van der Waals surface area contributed by atoms with Crippen molar-refractivity contribution in [2.24, 2.45) is 11.8 Å². The zero-order valence-corrected chi connectivity index (χ0v) is 17.2. The summed E-state index contributed by atoms with van der Waals surface area (Å²) in [5, 5.41) is 0. The van der Waals surface area contributed by atoms with Crippen LogP contribution in [0.3, 0.4) is 0 Å². The van der Waals surface area contributed by atoms with E-state index >= 15 is 0 Å². The molecule has 2 unspecified atom stereocenters. The molecule has 1 fully saturated rings. The number of carbonyl (C=O) groups is 1. The molecule has 1 aliphatic rings. The summed E-state index contributed by atoms with van der Waals surface area (Å²) in [6.45, 7) is 16.7. The average Bonchev–Trinajstić information content (AvgIpc) is 2.54. The summed E-state index contributed by atoms with van der Waals surface area (Å²) in [7, 11) is 0. The molecule has 24 heavy (non-hydrogen) atoms. The Morgan fingerprint density at radius 3 is 2.04 bits per heavy atom. The second kappa shape index (κ2) is 11.1. The van der Waals surface area contributed by atoms with E-state index in [1.165, 1.54) is 19.3 Å². The van der Waals surface area contributed by atoms with Crippen molar-refractivity contribution in [3.63, 3.8) is 0 Å². The molecule has 0 bridgehead atoms. The van der Waals surface area contributed by atoms with Gasteiger partial charge in [0.25, 0.3) is 0 Å². The maximum Gasteiger partial charge on any atom is 0.222 e. The second-order valence-electron chi connectivity index (χ2n) is 8.30. The second-order valence-corrected chi connectivity index (χ2v) is 8.30. The molecular formula is C21H42N2O. The molecule has 1 aliphatic heterocycles. The van der Waals surface area contributed by atoms with Crippen LogP contribution in [0.15, 0.2) is 0 Å². The van der Waals surface area contributed by atoms with Crippen LogP contribution in [0.5, 0.6) is 0 Å². The van der Waals surface area contributed by atoms with Gasteiger partial charge in [0, 0.05) is 38.1 Å². The molecule has 0 saturated carbocycles. The Balaban J connectivity index is 2.55. The van der Waals surface area contributed by atoms with Gasteiger partial charge in [-0.3, -0.25) is 9.69 Å². The highest BCUT2D eigenvalue weighted by Gasteiger charge is 2.34. The number of carbonyl (C=O) groups excluding carboxylic acids is 1. The zero-order chi connectivity index (χ0) is 18.1. The minimum Gasteiger partial charge on any atom is -0.340 e. The number of hydrogen-bond acceptors (Lipinski definition) is 2. The first-order valence-corrected chi connectivity index (χ1v) is 10.5. The minimum atomic E-state index is 0.389. The molecule has 0 N–H and O–H groups in total. The fraction of sp³-hybridized carbons (Fsp3) is 0.952. The van der Waals surface area contributed by atoms with E-state index in [4.69, 9.17) is 0 Å². The molecule has 1 heterocycles. The number of hydrogen-bond donors (Lipinski definition) is 0. The van der Waals surface area contributed by atoms with Crippen molar-refractivity contribution < 1.29 is 4.79 Å². The third-order valence-corrected chi connectivity index (χ3v) is 5.54. The number of rotatable bonds is 10. The van der Waals surface area contributed by atoms with Gasteiger partial charge in [0.1, 0.15) is 0 Å². The van der Waals surface area contributed by atoms with Crippen molar-refractivity contribution in [3.8, 4) is 0 Å². The molecule has 1 saturated heterocycles. The monoisotopic (exact) mass is 338 g/mol. The molecule has 0 aliphatic carbocycles. The Kier molecular flexibility index (Phi) is 9.95. The van der Waals surface area contributed by atoms with Crippen LogP contribution >= 0.6 is 0 Å². The molecule has 0 aromatic carbocycles. The number of piperazine rings is 1. The summed E-state index contributed by atoms with van der Waals surface area (Å²) in [5.41, 5.74) is 0. The Morgan fingerprint density at radius 2 is 1.58 bits per heavy atom. The summed E-state index contributed by atoms with van der Waals surface area (Å²) >= 11 is 0. The maximum atomic E-state index is 12.7. The molecule has 3 heteroatoms. The van der Waals surface area contributed by atoms with Gasteiger partial charge in [0.2, 0.25) is 5.91 Å². The number of nitrogens with zero attached hydrogens (tertiary/aromatic N) is 2. The third kappa shape index (κ3) is 6.74. The number of amides is 1. The lowest BCUT2D eigenvalue weighted by atomic mass is 9.97. The van der Waals surface area contributed by atoms with Crippen molar-refractivity contribution in [2.45, 2.75) is 98.6 Å². The summed E-state index contributed by atoms with van der Waals surface area (Å²) in [6.07, 6.45) is 7.81. The van der Waals surface area contributed by atoms with Gasteiger partial charge in [-0.2, -0.15) is 0 Å². The lowest BCUT2D eigenvalue weighted by Gasteiger charge is -2.47. The Bertz CT molecular complexity index is 342. The predicted molar refractivity (Wildman–Crippen MR) is 104 cm³/mol. The van der Waals surface area contributed by atoms with Crippen molar-refractivity contribution in [1.82, 2.24) is 9.80 Å². The average molecular weight is 339 g/mol. The van der Waals surface area contributed by atoms with E-state index in [2.05, 4.69) is 51.3 Å². The van der Waals surface area contributed by atoms with E-state index < -0.39 is 0 Å². The van der Waals surface area contributed by atoms with Crippen LogP contribution in [-0.4, -0.2) is 47.4 Å². The van der Waals surface area contributed by atoms with Crippen molar-refractivity contribution >= 4 is 5.91 Å². The Morgan fingerprint density at radius 1 is 1.00 bits per heavy atom. The molecule has 1 amide bonds. The van der Waals surface area contributed by atoms with Gasteiger partial charge in [-0.25, -0.2) is 0 Å². The predicted octanol–water partition coefficient (Wildman–Crippen LogP) is 4.95. The van der Waals surface area contributed by atoms with E-state index in [0.29, 0.717) is 23.9 Å². The molecular weight excluding hydrogens is 296 g/mol. The molecule has 1 rings (SSSR count). The zero-order valence-electron chi connectivity index (χ0n) is 17.2. The molecule has 0 aromatic heterocycles. The smallest absolute Gasteiger partial charge is 0.222 e. The van der Waals surface area contributed by atoms with Crippen LogP contribution in [0.2, 0.25) is 0 Å². The maximum absolute atomic E-state index is 12.7. The van der Waals surface area contributed by atoms with Crippen LogP contribution in [0.25, 0.3) is 0 Å². The quantitative estimate of drug-likeness (QED) is 0.562. The first-order valence-electron chi connectivity index (χ1n) is 10.5. The van der Waals surface area contributed by atoms with Gasteiger partial charge in [-0.1, -0.05) is 60.8 Å². The van der Waals surface area contributed by atoms with Gasteiger partial charge in [0.05, 0.1) is 0 Å². The molecule has 0 aromatic rings. The van der Waals surface area contributed by atoms with E-state index in [9.17, 15) is 4.79 Å². The highest BCUT2D eigenvalue weighted by atomic mass is 16.2. The van der Waals surface area contributed by atoms with E-state index in [1.807, 2.05) is 0 Å². The van der Waals surface area contributed by atoms with Crippen LogP contribution < -0.4 is 0 Å². The summed E-state index contributed by atoms with van der Waals surface area (Å²) in [4.78, 5) is 17.5. The molecule has 0 radical (unpaired) electrons. The summed E-state index contributed by atoms with van der Waals surface area (Å²) < 4.78 is 0. The van der Waals surface area contributed by atoms with Crippen molar-refractivity contribution in [2.75, 3.05) is 19.6 Å². The fourth-order valence-corrected chi connectivity index (χ4v) is 4.14. The molecule has 0 spiro atoms. The summed E-state index contributed by atoms with van der Waals surface area (Å²) in [5.74, 6) is 1.84. The molecule has 3 nitrogen and oxygen atoms in total. The SMILES string of the molecule is CCCC(C)CCCC(=O)N1CC(CC)N(CC(C)C)[C@@H](CC)C1. The lowest BCUT2D eigenvalue weighted by Crippen LogP contribution is -2.60. The van der Waals surface area contributed by atoms with Gasteiger partial charge in [-0.15, -0.1) is 0 Å². The Labute approximate surface area is 151 Å². The largest absolute Gasteiger partial charge is 0.340 e. The van der Waals surface area contributed by atoms with E-state index in [1.54, 1.807) is 0 Å². The van der Waals surface area contributed by atoms with Crippen LogP contribution in [0, 0.1) is 11.8 Å².